The van der Waals surface area contributed by atoms with Crippen LogP contribution in [0.4, 0.5) is 10.5 Å². The number of fused-ring (bicyclic) bond motifs is 1. The van der Waals surface area contributed by atoms with Crippen molar-refractivity contribution in [3.63, 3.8) is 0 Å². The van der Waals surface area contributed by atoms with Gasteiger partial charge in [-0.25, -0.2) is 4.79 Å². The lowest BCUT2D eigenvalue weighted by Crippen LogP contribution is -2.41. The van der Waals surface area contributed by atoms with Crippen LogP contribution in [0.2, 0.25) is 5.02 Å². The summed E-state index contributed by atoms with van der Waals surface area (Å²) in [4.78, 5) is 52.3. The SMILES string of the molecule is Cc1c(Cl)cc(NC(=O)NCc2scc3c2CN([C@H]2CCCC(=O)CC2=O)C3=O)cc1C(C)C. The van der Waals surface area contributed by atoms with Crippen molar-refractivity contribution in [1.82, 2.24) is 10.2 Å². The Labute approximate surface area is 207 Å². The summed E-state index contributed by atoms with van der Waals surface area (Å²) in [5, 5.41) is 8.08. The number of carbonyl (C=O) groups excluding carboxylic acids is 4. The first-order chi connectivity index (χ1) is 16.2. The zero-order chi connectivity index (χ0) is 24.6. The third-order valence-electron chi connectivity index (χ3n) is 6.53. The van der Waals surface area contributed by atoms with Gasteiger partial charge < -0.3 is 15.5 Å². The van der Waals surface area contributed by atoms with E-state index in [1.54, 1.807) is 16.3 Å². The molecule has 0 spiro atoms. The smallest absolute Gasteiger partial charge is 0.319 e. The van der Waals surface area contributed by atoms with Crippen LogP contribution in [-0.2, 0) is 22.7 Å². The average Bonchev–Trinajstić information content (AvgIpc) is 3.26. The van der Waals surface area contributed by atoms with Gasteiger partial charge in [0.15, 0.2) is 5.78 Å². The number of benzene rings is 1. The predicted molar refractivity (Wildman–Crippen MR) is 133 cm³/mol. The summed E-state index contributed by atoms with van der Waals surface area (Å²) in [6.07, 6.45) is 1.41. The van der Waals surface area contributed by atoms with E-state index >= 15 is 0 Å². The van der Waals surface area contributed by atoms with Gasteiger partial charge in [-0.1, -0.05) is 25.4 Å². The number of halogens is 1. The summed E-state index contributed by atoms with van der Waals surface area (Å²) in [7, 11) is 0. The molecule has 0 saturated heterocycles. The van der Waals surface area contributed by atoms with Gasteiger partial charge in [0.2, 0.25) is 0 Å². The number of thiophene rings is 1. The quantitative estimate of drug-likeness (QED) is 0.435. The largest absolute Gasteiger partial charge is 0.333 e. The normalized spacial score (nSPS) is 18.3. The molecular weight excluding hydrogens is 474 g/mol. The summed E-state index contributed by atoms with van der Waals surface area (Å²) in [5.74, 6) is -0.138. The molecular formula is C25H28ClN3O4S. The van der Waals surface area contributed by atoms with Crippen molar-refractivity contribution in [1.29, 1.82) is 0 Å². The number of nitrogens with zero attached hydrogens (tertiary/aromatic N) is 1. The van der Waals surface area contributed by atoms with Gasteiger partial charge in [0.1, 0.15) is 5.78 Å². The molecule has 0 bridgehead atoms. The molecule has 2 aliphatic rings. The third-order valence-corrected chi connectivity index (χ3v) is 7.95. The first kappa shape index (κ1) is 24.4. The highest BCUT2D eigenvalue weighted by atomic mass is 35.5. The second kappa shape index (κ2) is 9.88. The van der Waals surface area contributed by atoms with Crippen molar-refractivity contribution >= 4 is 52.1 Å². The number of hydrogen-bond acceptors (Lipinski definition) is 5. The fourth-order valence-corrected chi connectivity index (χ4v) is 5.87. The van der Waals surface area contributed by atoms with Crippen LogP contribution >= 0.6 is 22.9 Å². The Morgan fingerprint density at radius 2 is 2.03 bits per heavy atom. The van der Waals surface area contributed by atoms with E-state index in [1.807, 2.05) is 13.0 Å². The maximum absolute atomic E-state index is 13.0. The van der Waals surface area contributed by atoms with Gasteiger partial charge in [-0.15, -0.1) is 11.3 Å². The van der Waals surface area contributed by atoms with Crippen LogP contribution in [0.25, 0.3) is 0 Å². The monoisotopic (exact) mass is 501 g/mol. The van der Waals surface area contributed by atoms with Crippen LogP contribution in [0.1, 0.15) is 77.4 Å². The van der Waals surface area contributed by atoms with Gasteiger partial charge in [0, 0.05) is 33.9 Å². The maximum Gasteiger partial charge on any atom is 0.319 e. The van der Waals surface area contributed by atoms with Crippen LogP contribution in [0.3, 0.4) is 0 Å². The van der Waals surface area contributed by atoms with Crippen molar-refractivity contribution < 1.29 is 19.2 Å². The van der Waals surface area contributed by atoms with E-state index in [0.717, 1.165) is 21.6 Å². The third kappa shape index (κ3) is 4.88. The zero-order valence-corrected chi connectivity index (χ0v) is 21.1. The number of hydrogen-bond donors (Lipinski definition) is 2. The van der Waals surface area contributed by atoms with Gasteiger partial charge in [-0.3, -0.25) is 14.4 Å². The molecule has 1 fully saturated rings. The summed E-state index contributed by atoms with van der Waals surface area (Å²) >= 11 is 7.76. The number of urea groups is 1. The first-order valence-corrected chi connectivity index (χ1v) is 12.7. The lowest BCUT2D eigenvalue weighted by atomic mass is 9.97. The van der Waals surface area contributed by atoms with Crippen LogP contribution in [0.15, 0.2) is 17.5 Å². The van der Waals surface area contributed by atoms with Gasteiger partial charge in [0.25, 0.3) is 5.91 Å². The fourth-order valence-electron chi connectivity index (χ4n) is 4.66. The molecule has 1 saturated carbocycles. The molecule has 34 heavy (non-hydrogen) atoms. The molecule has 1 atom stereocenters. The molecule has 0 unspecified atom stereocenters. The van der Waals surface area contributed by atoms with E-state index in [9.17, 15) is 19.2 Å². The lowest BCUT2D eigenvalue weighted by Gasteiger charge is -2.25. The van der Waals surface area contributed by atoms with Crippen molar-refractivity contribution in [2.75, 3.05) is 5.32 Å². The Bertz CT molecular complexity index is 1170. The highest BCUT2D eigenvalue weighted by Crippen LogP contribution is 2.34. The van der Waals surface area contributed by atoms with Crippen molar-refractivity contribution in [2.24, 2.45) is 0 Å². The first-order valence-electron chi connectivity index (χ1n) is 11.4. The molecule has 2 heterocycles. The number of nitrogens with one attached hydrogen (secondary N) is 2. The Morgan fingerprint density at radius 1 is 1.26 bits per heavy atom. The van der Waals surface area contributed by atoms with Crippen molar-refractivity contribution in [3.05, 3.63) is 49.7 Å². The molecule has 180 valence electrons. The summed E-state index contributed by atoms with van der Waals surface area (Å²) in [5.41, 5.74) is 4.13. The van der Waals surface area contributed by atoms with Crippen LogP contribution in [0, 0.1) is 6.92 Å². The van der Waals surface area contributed by atoms with E-state index in [0.29, 0.717) is 42.1 Å². The molecule has 1 aliphatic heterocycles. The Morgan fingerprint density at radius 3 is 2.76 bits per heavy atom. The minimum absolute atomic E-state index is 0.0559. The molecule has 2 N–H and O–H groups in total. The van der Waals surface area contributed by atoms with Gasteiger partial charge >= 0.3 is 6.03 Å². The molecule has 7 nitrogen and oxygen atoms in total. The molecule has 0 radical (unpaired) electrons. The number of rotatable bonds is 5. The van der Waals surface area contributed by atoms with Crippen LogP contribution in [0.5, 0.6) is 0 Å². The van der Waals surface area contributed by atoms with Crippen molar-refractivity contribution in [3.8, 4) is 0 Å². The minimum atomic E-state index is -0.554. The molecule has 2 aromatic rings. The highest BCUT2D eigenvalue weighted by molar-refractivity contribution is 7.10. The van der Waals surface area contributed by atoms with Crippen LogP contribution < -0.4 is 10.6 Å². The molecule has 1 aromatic carbocycles. The topological polar surface area (TPSA) is 95.6 Å². The van der Waals surface area contributed by atoms with Gasteiger partial charge in [0.05, 0.1) is 24.6 Å². The predicted octanol–water partition coefficient (Wildman–Crippen LogP) is 5.19. The van der Waals surface area contributed by atoms with E-state index in [2.05, 4.69) is 24.5 Å². The van der Waals surface area contributed by atoms with E-state index in [-0.39, 0.29) is 42.4 Å². The second-order valence-electron chi connectivity index (χ2n) is 9.21. The van der Waals surface area contributed by atoms with Gasteiger partial charge in [-0.2, -0.15) is 0 Å². The molecule has 4 rings (SSSR count). The fraction of sp³-hybridized carbons (Fsp3) is 0.440. The van der Waals surface area contributed by atoms with Crippen molar-refractivity contribution in [2.45, 2.75) is 71.5 Å². The Kier molecular flexibility index (Phi) is 7.09. The standard InChI is InChI=1S/C25H28ClN3O4S/c1-13(2)17-7-15(8-20(26)14(17)3)28-25(33)27-10-23-18-11-29(24(32)19(18)12-34-23)21-6-4-5-16(30)9-22(21)31/h7-8,12-13,21H,4-6,9-11H2,1-3H3,(H2,27,28,33)/t21-/m0/s1. The maximum atomic E-state index is 13.0. The number of carbonyl (C=O) groups is 4. The number of ketones is 2. The second-order valence-corrected chi connectivity index (χ2v) is 10.6. The summed E-state index contributed by atoms with van der Waals surface area (Å²) < 4.78 is 0. The average molecular weight is 502 g/mol. The minimum Gasteiger partial charge on any atom is -0.333 e. The lowest BCUT2D eigenvalue weighted by molar-refractivity contribution is -0.128. The molecule has 1 aromatic heterocycles. The van der Waals surface area contributed by atoms with Gasteiger partial charge in [-0.05, 0) is 54.5 Å². The Balaban J connectivity index is 1.41. The molecule has 9 heteroatoms. The highest BCUT2D eigenvalue weighted by Gasteiger charge is 2.39. The number of anilines is 1. The van der Waals surface area contributed by atoms with E-state index < -0.39 is 6.04 Å². The summed E-state index contributed by atoms with van der Waals surface area (Å²) in [6.45, 7) is 6.70. The number of amides is 3. The molecule has 3 amide bonds. The number of Topliss-reactive ketones (excluding diaryl/α,β-unsaturated/α-hetero) is 2. The van der Waals surface area contributed by atoms with E-state index in [1.165, 1.54) is 11.3 Å². The van der Waals surface area contributed by atoms with Crippen LogP contribution in [-0.4, -0.2) is 34.4 Å². The van der Waals surface area contributed by atoms with E-state index in [4.69, 9.17) is 11.6 Å². The zero-order valence-electron chi connectivity index (χ0n) is 19.5. The molecule has 1 aliphatic carbocycles. The Hall–Kier alpha value is -2.71. The summed E-state index contributed by atoms with van der Waals surface area (Å²) in [6, 6.07) is 2.74.